The lowest BCUT2D eigenvalue weighted by molar-refractivity contribution is 0.400. The Bertz CT molecular complexity index is 383. The molecule has 0 aliphatic heterocycles. The van der Waals surface area contributed by atoms with Gasteiger partial charge in [0.1, 0.15) is 0 Å². The molecule has 1 rings (SSSR count). The molecule has 0 aliphatic rings. The summed E-state index contributed by atoms with van der Waals surface area (Å²) >= 11 is 0. The van der Waals surface area contributed by atoms with Crippen LogP contribution in [0.2, 0.25) is 0 Å². The molecule has 1 nitrogen and oxygen atoms in total. The standard InChI is InChI=1S/C22H39N/c1-4-5-6-7-8-9-10-11-12-13-14-17-21-18-15-16-19-22(21)20-23(2)3/h15-16,18-19H,4-14,17,20H2,1-3H3. The fraction of sp³-hybridized carbons (Fsp3) is 0.727. The molecule has 0 saturated heterocycles. The molecule has 0 atom stereocenters. The highest BCUT2D eigenvalue weighted by Gasteiger charge is 2.02. The van der Waals surface area contributed by atoms with Crippen molar-refractivity contribution in [3.05, 3.63) is 35.4 Å². The lowest BCUT2D eigenvalue weighted by Gasteiger charge is -2.14. The summed E-state index contributed by atoms with van der Waals surface area (Å²) in [6, 6.07) is 8.96. The van der Waals surface area contributed by atoms with Crippen molar-refractivity contribution in [2.45, 2.75) is 90.5 Å². The molecule has 1 aromatic carbocycles. The Kier molecular flexibility index (Phi) is 12.0. The van der Waals surface area contributed by atoms with Gasteiger partial charge in [0.2, 0.25) is 0 Å². The Hall–Kier alpha value is -0.820. The van der Waals surface area contributed by atoms with Crippen molar-refractivity contribution < 1.29 is 0 Å². The van der Waals surface area contributed by atoms with Gasteiger partial charge in [-0.25, -0.2) is 0 Å². The molecule has 0 unspecified atom stereocenters. The summed E-state index contributed by atoms with van der Waals surface area (Å²) in [4.78, 5) is 2.26. The third-order valence-electron chi connectivity index (χ3n) is 4.65. The van der Waals surface area contributed by atoms with E-state index in [4.69, 9.17) is 0 Å². The van der Waals surface area contributed by atoms with E-state index in [1.54, 1.807) is 5.56 Å². The van der Waals surface area contributed by atoms with E-state index in [1.807, 2.05) is 0 Å². The van der Waals surface area contributed by atoms with Gasteiger partial charge in [-0.15, -0.1) is 0 Å². The molecular formula is C22H39N. The minimum atomic E-state index is 1.06. The fourth-order valence-electron chi connectivity index (χ4n) is 3.28. The number of unbranched alkanes of at least 4 members (excludes halogenated alkanes) is 10. The van der Waals surface area contributed by atoms with Crippen molar-refractivity contribution in [1.29, 1.82) is 0 Å². The molecule has 0 amide bonds. The first-order valence-electron chi connectivity index (χ1n) is 9.95. The van der Waals surface area contributed by atoms with Crippen molar-refractivity contribution in [3.63, 3.8) is 0 Å². The third kappa shape index (κ3) is 10.5. The molecule has 1 aromatic rings. The predicted octanol–water partition coefficient (Wildman–Crippen LogP) is 6.60. The van der Waals surface area contributed by atoms with Crippen LogP contribution in [0.1, 0.15) is 88.7 Å². The highest BCUT2D eigenvalue weighted by molar-refractivity contribution is 5.27. The summed E-state index contributed by atoms with van der Waals surface area (Å²) in [5.74, 6) is 0. The van der Waals surface area contributed by atoms with Crippen LogP contribution in [0, 0.1) is 0 Å². The lowest BCUT2D eigenvalue weighted by atomic mass is 10.00. The SMILES string of the molecule is CCCCCCCCCCCCCc1ccccc1CN(C)C. The molecule has 0 bridgehead atoms. The van der Waals surface area contributed by atoms with Crippen molar-refractivity contribution >= 4 is 0 Å². The summed E-state index contributed by atoms with van der Waals surface area (Å²) in [7, 11) is 4.30. The van der Waals surface area contributed by atoms with Crippen molar-refractivity contribution in [2.75, 3.05) is 14.1 Å². The van der Waals surface area contributed by atoms with Gasteiger partial charge in [0.15, 0.2) is 0 Å². The number of hydrogen-bond acceptors (Lipinski definition) is 1. The molecule has 23 heavy (non-hydrogen) atoms. The summed E-state index contributed by atoms with van der Waals surface area (Å²) in [6.07, 6.45) is 16.9. The maximum Gasteiger partial charge on any atom is 0.0230 e. The van der Waals surface area contributed by atoms with E-state index in [-0.39, 0.29) is 0 Å². The van der Waals surface area contributed by atoms with Gasteiger partial charge < -0.3 is 4.90 Å². The topological polar surface area (TPSA) is 3.24 Å². The number of benzene rings is 1. The maximum atomic E-state index is 2.31. The second-order valence-electron chi connectivity index (χ2n) is 7.29. The summed E-state index contributed by atoms with van der Waals surface area (Å²) in [6.45, 7) is 3.35. The highest BCUT2D eigenvalue weighted by atomic mass is 15.0. The van der Waals surface area contributed by atoms with Crippen LogP contribution in [0.3, 0.4) is 0 Å². The molecule has 1 heteroatoms. The Balaban J connectivity index is 2.03. The molecule has 0 fully saturated rings. The van der Waals surface area contributed by atoms with Gasteiger partial charge in [0.05, 0.1) is 0 Å². The molecule has 0 heterocycles. The Morgan fingerprint density at radius 3 is 1.65 bits per heavy atom. The van der Waals surface area contributed by atoms with E-state index in [0.717, 1.165) is 6.54 Å². The molecular weight excluding hydrogens is 278 g/mol. The second kappa shape index (κ2) is 13.6. The first-order chi connectivity index (χ1) is 11.2. The Morgan fingerprint density at radius 1 is 0.652 bits per heavy atom. The third-order valence-corrected chi connectivity index (χ3v) is 4.65. The average Bonchev–Trinajstić information content (AvgIpc) is 2.53. The zero-order valence-electron chi connectivity index (χ0n) is 15.9. The lowest BCUT2D eigenvalue weighted by Crippen LogP contribution is -2.12. The Morgan fingerprint density at radius 2 is 1.13 bits per heavy atom. The molecule has 0 saturated carbocycles. The van der Waals surface area contributed by atoms with Crippen LogP contribution >= 0.6 is 0 Å². The van der Waals surface area contributed by atoms with E-state index in [2.05, 4.69) is 50.2 Å². The number of rotatable bonds is 14. The van der Waals surface area contributed by atoms with E-state index in [0.29, 0.717) is 0 Å². The van der Waals surface area contributed by atoms with Crippen LogP contribution in [0.5, 0.6) is 0 Å². The average molecular weight is 318 g/mol. The van der Waals surface area contributed by atoms with Crippen molar-refractivity contribution in [2.24, 2.45) is 0 Å². The summed E-state index contributed by atoms with van der Waals surface area (Å²) in [5.41, 5.74) is 3.06. The predicted molar refractivity (Wildman–Crippen MR) is 104 cm³/mol. The van der Waals surface area contributed by atoms with Gasteiger partial charge in [0, 0.05) is 6.54 Å². The van der Waals surface area contributed by atoms with E-state index < -0.39 is 0 Å². The summed E-state index contributed by atoms with van der Waals surface area (Å²) in [5, 5.41) is 0. The molecule has 0 spiro atoms. The van der Waals surface area contributed by atoms with E-state index in [1.165, 1.54) is 82.6 Å². The van der Waals surface area contributed by atoms with Gasteiger partial charge >= 0.3 is 0 Å². The van der Waals surface area contributed by atoms with Crippen molar-refractivity contribution in [3.8, 4) is 0 Å². The van der Waals surface area contributed by atoms with Crippen LogP contribution in [0.15, 0.2) is 24.3 Å². The summed E-state index contributed by atoms with van der Waals surface area (Å²) < 4.78 is 0. The monoisotopic (exact) mass is 317 g/mol. The number of hydrogen-bond donors (Lipinski definition) is 0. The van der Waals surface area contributed by atoms with Gasteiger partial charge in [-0.1, -0.05) is 95.4 Å². The smallest absolute Gasteiger partial charge is 0.0230 e. The van der Waals surface area contributed by atoms with Crippen molar-refractivity contribution in [1.82, 2.24) is 4.90 Å². The first kappa shape index (κ1) is 20.2. The van der Waals surface area contributed by atoms with Gasteiger partial charge in [-0.2, -0.15) is 0 Å². The van der Waals surface area contributed by atoms with E-state index >= 15 is 0 Å². The van der Waals surface area contributed by atoms with Crippen LogP contribution in [0.25, 0.3) is 0 Å². The maximum absolute atomic E-state index is 2.31. The highest BCUT2D eigenvalue weighted by Crippen LogP contribution is 2.16. The molecule has 0 N–H and O–H groups in total. The number of nitrogens with zero attached hydrogens (tertiary/aromatic N) is 1. The van der Waals surface area contributed by atoms with Gasteiger partial charge in [-0.05, 0) is 38.1 Å². The minimum absolute atomic E-state index is 1.06. The van der Waals surface area contributed by atoms with Crippen LogP contribution in [-0.2, 0) is 13.0 Å². The Labute approximate surface area is 145 Å². The van der Waals surface area contributed by atoms with Crippen LogP contribution in [-0.4, -0.2) is 19.0 Å². The largest absolute Gasteiger partial charge is 0.305 e. The quantitative estimate of drug-likeness (QED) is 0.349. The van der Waals surface area contributed by atoms with Crippen LogP contribution in [0.4, 0.5) is 0 Å². The van der Waals surface area contributed by atoms with E-state index in [9.17, 15) is 0 Å². The minimum Gasteiger partial charge on any atom is -0.305 e. The first-order valence-corrected chi connectivity index (χ1v) is 9.95. The van der Waals surface area contributed by atoms with Crippen LogP contribution < -0.4 is 0 Å². The molecule has 0 aromatic heterocycles. The molecule has 0 radical (unpaired) electrons. The number of aryl methyl sites for hydroxylation is 1. The normalized spacial score (nSPS) is 11.3. The molecule has 132 valence electrons. The molecule has 0 aliphatic carbocycles. The fourth-order valence-corrected chi connectivity index (χ4v) is 3.28. The van der Waals surface area contributed by atoms with Gasteiger partial charge in [0.25, 0.3) is 0 Å². The zero-order chi connectivity index (χ0) is 16.8. The second-order valence-corrected chi connectivity index (χ2v) is 7.29. The van der Waals surface area contributed by atoms with Gasteiger partial charge in [-0.3, -0.25) is 0 Å². The zero-order valence-corrected chi connectivity index (χ0v) is 15.9.